The highest BCUT2D eigenvalue weighted by molar-refractivity contribution is 5.37. The third kappa shape index (κ3) is 2.96. The molecule has 0 saturated carbocycles. The lowest BCUT2D eigenvalue weighted by Gasteiger charge is -2.11. The second-order valence-electron chi connectivity index (χ2n) is 5.04. The second-order valence-corrected chi connectivity index (χ2v) is 5.04. The molecular formula is C15H19N3O. The summed E-state index contributed by atoms with van der Waals surface area (Å²) in [4.78, 5) is 0. The van der Waals surface area contributed by atoms with Gasteiger partial charge in [0, 0.05) is 25.7 Å². The van der Waals surface area contributed by atoms with E-state index < -0.39 is 0 Å². The van der Waals surface area contributed by atoms with Crippen molar-refractivity contribution >= 4 is 0 Å². The van der Waals surface area contributed by atoms with Gasteiger partial charge in [0.1, 0.15) is 11.9 Å². The highest BCUT2D eigenvalue weighted by Crippen LogP contribution is 2.27. The number of para-hydroxylation sites is 1. The van der Waals surface area contributed by atoms with Gasteiger partial charge in [-0.15, -0.1) is 0 Å². The third-order valence-electron chi connectivity index (χ3n) is 3.37. The Hall–Kier alpha value is -1.81. The molecule has 4 heteroatoms. The SMILES string of the molecule is Cc1cnn(CCNCC2Cc3ccccc3O2)c1. The van der Waals surface area contributed by atoms with Crippen LogP contribution in [0.5, 0.6) is 5.75 Å². The van der Waals surface area contributed by atoms with Crippen molar-refractivity contribution in [1.29, 1.82) is 0 Å². The third-order valence-corrected chi connectivity index (χ3v) is 3.37. The number of nitrogens with one attached hydrogen (secondary N) is 1. The molecule has 1 N–H and O–H groups in total. The fourth-order valence-corrected chi connectivity index (χ4v) is 2.41. The van der Waals surface area contributed by atoms with Gasteiger partial charge in [-0.1, -0.05) is 18.2 Å². The van der Waals surface area contributed by atoms with Crippen molar-refractivity contribution in [2.75, 3.05) is 13.1 Å². The summed E-state index contributed by atoms with van der Waals surface area (Å²) < 4.78 is 7.84. The molecule has 2 aromatic rings. The number of hydrogen-bond acceptors (Lipinski definition) is 3. The zero-order valence-corrected chi connectivity index (χ0v) is 11.2. The van der Waals surface area contributed by atoms with E-state index in [0.29, 0.717) is 0 Å². The van der Waals surface area contributed by atoms with E-state index in [0.717, 1.165) is 31.8 Å². The maximum absolute atomic E-state index is 5.88. The van der Waals surface area contributed by atoms with Crippen LogP contribution < -0.4 is 10.1 Å². The molecule has 19 heavy (non-hydrogen) atoms. The average molecular weight is 257 g/mol. The molecular weight excluding hydrogens is 238 g/mol. The van der Waals surface area contributed by atoms with Gasteiger partial charge in [0.05, 0.1) is 12.7 Å². The fourth-order valence-electron chi connectivity index (χ4n) is 2.41. The Bertz CT molecular complexity index is 525. The van der Waals surface area contributed by atoms with Gasteiger partial charge in [-0.25, -0.2) is 0 Å². The molecule has 1 atom stereocenters. The highest BCUT2D eigenvalue weighted by Gasteiger charge is 2.21. The Morgan fingerprint density at radius 3 is 3.11 bits per heavy atom. The van der Waals surface area contributed by atoms with Gasteiger partial charge in [-0.05, 0) is 24.1 Å². The Labute approximate surface area is 113 Å². The Kier molecular flexibility index (Phi) is 3.51. The lowest BCUT2D eigenvalue weighted by atomic mass is 10.1. The van der Waals surface area contributed by atoms with E-state index >= 15 is 0 Å². The Morgan fingerprint density at radius 2 is 2.32 bits per heavy atom. The number of nitrogens with zero attached hydrogens (tertiary/aromatic N) is 2. The molecule has 1 aromatic carbocycles. The van der Waals surface area contributed by atoms with E-state index in [1.165, 1.54) is 11.1 Å². The zero-order chi connectivity index (χ0) is 13.1. The number of aryl methyl sites for hydroxylation is 1. The van der Waals surface area contributed by atoms with Crippen LogP contribution in [0.25, 0.3) is 0 Å². The van der Waals surface area contributed by atoms with Crippen LogP contribution in [-0.2, 0) is 13.0 Å². The molecule has 4 nitrogen and oxygen atoms in total. The van der Waals surface area contributed by atoms with Gasteiger partial charge in [-0.2, -0.15) is 5.10 Å². The molecule has 100 valence electrons. The molecule has 2 heterocycles. The minimum Gasteiger partial charge on any atom is -0.488 e. The summed E-state index contributed by atoms with van der Waals surface area (Å²) >= 11 is 0. The van der Waals surface area contributed by atoms with Crippen molar-refractivity contribution < 1.29 is 4.74 Å². The molecule has 0 amide bonds. The van der Waals surface area contributed by atoms with E-state index in [2.05, 4.69) is 35.7 Å². The van der Waals surface area contributed by atoms with Crippen LogP contribution in [0.3, 0.4) is 0 Å². The molecule has 0 spiro atoms. The number of benzene rings is 1. The molecule has 1 aromatic heterocycles. The summed E-state index contributed by atoms with van der Waals surface area (Å²) in [5, 5.41) is 7.70. The molecule has 0 aliphatic carbocycles. The molecule has 0 radical (unpaired) electrons. The van der Waals surface area contributed by atoms with E-state index in [-0.39, 0.29) is 6.10 Å². The first kappa shape index (κ1) is 12.2. The largest absolute Gasteiger partial charge is 0.488 e. The number of aromatic nitrogens is 2. The first-order valence-electron chi connectivity index (χ1n) is 6.75. The summed E-state index contributed by atoms with van der Waals surface area (Å²) in [6.45, 7) is 4.75. The van der Waals surface area contributed by atoms with Crippen LogP contribution in [0.15, 0.2) is 36.7 Å². The first-order valence-corrected chi connectivity index (χ1v) is 6.75. The Morgan fingerprint density at radius 1 is 1.42 bits per heavy atom. The Balaban J connectivity index is 1.40. The van der Waals surface area contributed by atoms with E-state index in [1.807, 2.05) is 23.0 Å². The van der Waals surface area contributed by atoms with Gasteiger partial charge >= 0.3 is 0 Å². The summed E-state index contributed by atoms with van der Waals surface area (Å²) in [6.07, 6.45) is 5.21. The normalized spacial score (nSPS) is 17.2. The monoisotopic (exact) mass is 257 g/mol. The lowest BCUT2D eigenvalue weighted by Crippen LogP contribution is -2.32. The van der Waals surface area contributed by atoms with Crippen LogP contribution in [0.4, 0.5) is 0 Å². The zero-order valence-electron chi connectivity index (χ0n) is 11.2. The molecule has 1 aliphatic heterocycles. The first-order chi connectivity index (χ1) is 9.31. The minimum atomic E-state index is 0.261. The van der Waals surface area contributed by atoms with Crippen molar-refractivity contribution in [2.24, 2.45) is 0 Å². The van der Waals surface area contributed by atoms with Crippen molar-refractivity contribution in [1.82, 2.24) is 15.1 Å². The van der Waals surface area contributed by atoms with Crippen LogP contribution in [-0.4, -0.2) is 29.0 Å². The maximum Gasteiger partial charge on any atom is 0.123 e. The number of ether oxygens (including phenoxy) is 1. The molecule has 3 rings (SSSR count). The molecule has 0 bridgehead atoms. The molecule has 1 unspecified atom stereocenters. The van der Waals surface area contributed by atoms with Gasteiger partial charge in [0.25, 0.3) is 0 Å². The smallest absolute Gasteiger partial charge is 0.123 e. The predicted octanol–water partition coefficient (Wildman–Crippen LogP) is 1.78. The quantitative estimate of drug-likeness (QED) is 0.830. The number of hydrogen-bond donors (Lipinski definition) is 1. The van der Waals surface area contributed by atoms with E-state index in [9.17, 15) is 0 Å². The molecule has 1 aliphatic rings. The number of fused-ring (bicyclic) bond motifs is 1. The summed E-state index contributed by atoms with van der Waals surface area (Å²) in [5.74, 6) is 1.04. The van der Waals surface area contributed by atoms with Crippen molar-refractivity contribution in [3.63, 3.8) is 0 Å². The predicted molar refractivity (Wildman–Crippen MR) is 74.4 cm³/mol. The minimum absolute atomic E-state index is 0.261. The van der Waals surface area contributed by atoms with E-state index in [1.54, 1.807) is 0 Å². The maximum atomic E-state index is 5.88. The van der Waals surface area contributed by atoms with E-state index in [4.69, 9.17) is 4.74 Å². The van der Waals surface area contributed by atoms with Crippen molar-refractivity contribution in [3.8, 4) is 5.75 Å². The lowest BCUT2D eigenvalue weighted by molar-refractivity contribution is 0.227. The van der Waals surface area contributed by atoms with Crippen LogP contribution in [0.2, 0.25) is 0 Å². The van der Waals surface area contributed by atoms with Gasteiger partial charge in [0.15, 0.2) is 0 Å². The van der Waals surface area contributed by atoms with Crippen molar-refractivity contribution in [3.05, 3.63) is 47.8 Å². The molecule has 0 saturated heterocycles. The van der Waals surface area contributed by atoms with Crippen LogP contribution in [0, 0.1) is 6.92 Å². The highest BCUT2D eigenvalue weighted by atomic mass is 16.5. The topological polar surface area (TPSA) is 39.1 Å². The van der Waals surface area contributed by atoms with Crippen LogP contribution in [0.1, 0.15) is 11.1 Å². The number of rotatable bonds is 5. The van der Waals surface area contributed by atoms with Gasteiger partial charge in [-0.3, -0.25) is 4.68 Å². The standard InChI is InChI=1S/C15H19N3O/c1-12-9-17-18(11-12)7-6-16-10-14-8-13-4-2-3-5-15(13)19-14/h2-5,9,11,14,16H,6-8,10H2,1H3. The van der Waals surface area contributed by atoms with Crippen molar-refractivity contribution in [2.45, 2.75) is 26.0 Å². The average Bonchev–Trinajstić information content (AvgIpc) is 3.00. The van der Waals surface area contributed by atoms with Crippen LogP contribution >= 0.6 is 0 Å². The summed E-state index contributed by atoms with van der Waals surface area (Å²) in [5.41, 5.74) is 2.52. The molecule has 0 fully saturated rings. The van der Waals surface area contributed by atoms with Gasteiger partial charge in [0.2, 0.25) is 0 Å². The summed E-state index contributed by atoms with van der Waals surface area (Å²) in [7, 11) is 0. The summed E-state index contributed by atoms with van der Waals surface area (Å²) in [6, 6.07) is 8.27. The second kappa shape index (κ2) is 5.45. The fraction of sp³-hybridized carbons (Fsp3) is 0.400. The van der Waals surface area contributed by atoms with Gasteiger partial charge < -0.3 is 10.1 Å².